The van der Waals surface area contributed by atoms with Gasteiger partial charge >= 0.3 is 12.1 Å². The number of nitro benzene ring substituents is 1. The van der Waals surface area contributed by atoms with Crippen LogP contribution in [0, 0.1) is 10.1 Å². The molecule has 30 heavy (non-hydrogen) atoms. The normalized spacial score (nSPS) is 11.2. The number of carbonyl (C=O) groups is 1. The van der Waals surface area contributed by atoms with E-state index in [0.717, 1.165) is 35.0 Å². The van der Waals surface area contributed by atoms with Crippen LogP contribution in [0.4, 0.5) is 18.9 Å². The van der Waals surface area contributed by atoms with Crippen molar-refractivity contribution in [2.24, 2.45) is 0 Å². The molecule has 9 heteroatoms. The van der Waals surface area contributed by atoms with Gasteiger partial charge in [-0.15, -0.1) is 11.8 Å². The Kier molecular flexibility index (Phi) is 6.41. The summed E-state index contributed by atoms with van der Waals surface area (Å²) in [4.78, 5) is 22.2. The van der Waals surface area contributed by atoms with Gasteiger partial charge in [-0.05, 0) is 35.4 Å². The summed E-state index contributed by atoms with van der Waals surface area (Å²) in [5.41, 5.74) is 0.0974. The number of thioether (sulfide) groups is 1. The molecule has 3 rings (SSSR count). The highest BCUT2D eigenvalue weighted by molar-refractivity contribution is 8.00. The van der Waals surface area contributed by atoms with E-state index >= 15 is 0 Å². The number of ether oxygens (including phenoxy) is 1. The topological polar surface area (TPSA) is 69.4 Å². The van der Waals surface area contributed by atoms with E-state index in [2.05, 4.69) is 0 Å². The molecule has 0 bridgehead atoms. The molecule has 0 radical (unpaired) electrons. The van der Waals surface area contributed by atoms with Crippen molar-refractivity contribution in [1.82, 2.24) is 0 Å². The average Bonchev–Trinajstić information content (AvgIpc) is 2.72. The lowest BCUT2D eigenvalue weighted by molar-refractivity contribution is -0.388. The highest BCUT2D eigenvalue weighted by Crippen LogP contribution is 2.36. The van der Waals surface area contributed by atoms with Crippen LogP contribution in [0.1, 0.15) is 5.56 Å². The Hall–Kier alpha value is -3.33. The lowest BCUT2D eigenvalue weighted by atomic mass is 10.1. The first kappa shape index (κ1) is 21.4. The van der Waals surface area contributed by atoms with Crippen LogP contribution in [0.25, 0.3) is 11.1 Å². The monoisotopic (exact) mass is 433 g/mol. The summed E-state index contributed by atoms with van der Waals surface area (Å²) < 4.78 is 43.5. The fourth-order valence-corrected chi connectivity index (χ4v) is 3.38. The minimum absolute atomic E-state index is 0.0515. The Bertz CT molecular complexity index is 1050. The van der Waals surface area contributed by atoms with Gasteiger partial charge < -0.3 is 4.74 Å². The van der Waals surface area contributed by atoms with Gasteiger partial charge in [0.2, 0.25) is 0 Å². The van der Waals surface area contributed by atoms with Gasteiger partial charge in [-0.1, -0.05) is 42.5 Å². The molecule has 0 heterocycles. The van der Waals surface area contributed by atoms with E-state index in [0.29, 0.717) is 11.8 Å². The molecule has 0 unspecified atom stereocenters. The third-order valence-corrected chi connectivity index (χ3v) is 5.06. The molecule has 0 aliphatic carbocycles. The molecule has 0 amide bonds. The highest BCUT2D eigenvalue weighted by atomic mass is 32.2. The summed E-state index contributed by atoms with van der Waals surface area (Å²) in [5, 5.41) is 11.1. The van der Waals surface area contributed by atoms with Gasteiger partial charge in [-0.25, -0.2) is 0 Å². The van der Waals surface area contributed by atoms with Gasteiger partial charge in [0.05, 0.1) is 21.1 Å². The molecule has 154 valence electrons. The number of carbonyl (C=O) groups excluding carboxylic acids is 1. The maximum absolute atomic E-state index is 12.8. The van der Waals surface area contributed by atoms with E-state index in [1.54, 1.807) is 24.3 Å². The van der Waals surface area contributed by atoms with Crippen molar-refractivity contribution in [2.45, 2.75) is 11.1 Å². The fraction of sp³-hybridized carbons (Fsp3) is 0.0952. The lowest BCUT2D eigenvalue weighted by Gasteiger charge is -2.09. The summed E-state index contributed by atoms with van der Waals surface area (Å²) in [6.45, 7) is 0. The summed E-state index contributed by atoms with van der Waals surface area (Å²) >= 11 is 0.739. The molecular formula is C21H14F3NO4S. The number of alkyl halides is 3. The number of benzene rings is 3. The number of hydrogen-bond donors (Lipinski definition) is 0. The van der Waals surface area contributed by atoms with Crippen molar-refractivity contribution in [3.63, 3.8) is 0 Å². The third-order valence-electron chi connectivity index (χ3n) is 4.02. The zero-order valence-corrected chi connectivity index (χ0v) is 16.1. The SMILES string of the molecule is O=C(CSc1ccc(C(F)(F)F)cc1[N+](=O)[O-])Oc1ccc(-c2ccccc2)cc1. The van der Waals surface area contributed by atoms with Crippen molar-refractivity contribution in [3.05, 3.63) is 88.5 Å². The second-order valence-corrected chi connectivity index (χ2v) is 7.11. The highest BCUT2D eigenvalue weighted by Gasteiger charge is 2.33. The standard InChI is InChI=1S/C21H14F3NO4S/c22-21(23,24)16-8-11-19(18(12-16)25(27)28)30-13-20(26)29-17-9-6-15(7-10-17)14-4-2-1-3-5-14/h1-12H,13H2. The van der Waals surface area contributed by atoms with Crippen molar-refractivity contribution < 1.29 is 27.6 Å². The number of esters is 1. The first-order valence-electron chi connectivity index (χ1n) is 8.58. The first-order chi connectivity index (χ1) is 14.2. The smallest absolute Gasteiger partial charge is 0.416 e. The number of halogens is 3. The second-order valence-electron chi connectivity index (χ2n) is 6.09. The van der Waals surface area contributed by atoms with E-state index < -0.39 is 28.3 Å². The molecule has 0 fully saturated rings. The maximum Gasteiger partial charge on any atom is 0.416 e. The first-order valence-corrected chi connectivity index (χ1v) is 9.57. The van der Waals surface area contributed by atoms with E-state index in [9.17, 15) is 28.1 Å². The predicted molar refractivity (Wildman–Crippen MR) is 106 cm³/mol. The van der Waals surface area contributed by atoms with Crippen LogP contribution in [0.15, 0.2) is 77.7 Å². The van der Waals surface area contributed by atoms with Gasteiger partial charge in [0.25, 0.3) is 5.69 Å². The molecule has 0 saturated heterocycles. The van der Waals surface area contributed by atoms with E-state index in [1.165, 1.54) is 0 Å². The van der Waals surface area contributed by atoms with Gasteiger partial charge in [-0.3, -0.25) is 14.9 Å². The quantitative estimate of drug-likeness (QED) is 0.157. The largest absolute Gasteiger partial charge is 0.426 e. The Morgan fingerprint density at radius 1 is 0.967 bits per heavy atom. The third kappa shape index (κ3) is 5.38. The Morgan fingerprint density at radius 2 is 1.60 bits per heavy atom. The molecule has 0 aliphatic rings. The molecule has 3 aromatic carbocycles. The van der Waals surface area contributed by atoms with E-state index in [4.69, 9.17) is 4.74 Å². The predicted octanol–water partition coefficient (Wildman–Crippen LogP) is 5.98. The molecule has 0 aromatic heterocycles. The lowest BCUT2D eigenvalue weighted by Crippen LogP contribution is -2.11. The van der Waals surface area contributed by atoms with Crippen molar-refractivity contribution >= 4 is 23.4 Å². The summed E-state index contributed by atoms with van der Waals surface area (Å²) in [6, 6.07) is 18.6. The molecule has 0 atom stereocenters. The van der Waals surface area contributed by atoms with E-state index in [-0.39, 0.29) is 10.6 Å². The van der Waals surface area contributed by atoms with Crippen LogP contribution < -0.4 is 4.74 Å². The summed E-state index contributed by atoms with van der Waals surface area (Å²) in [7, 11) is 0. The number of nitrogens with zero attached hydrogens (tertiary/aromatic N) is 1. The van der Waals surface area contributed by atoms with Crippen LogP contribution >= 0.6 is 11.8 Å². The number of nitro groups is 1. The van der Waals surface area contributed by atoms with Gasteiger partial charge in [0.15, 0.2) is 0 Å². The molecule has 0 saturated carbocycles. The minimum atomic E-state index is -4.70. The van der Waals surface area contributed by atoms with Gasteiger partial charge in [-0.2, -0.15) is 13.2 Å². The molecule has 0 aliphatic heterocycles. The van der Waals surface area contributed by atoms with Crippen molar-refractivity contribution in [3.8, 4) is 16.9 Å². The molecule has 3 aromatic rings. The zero-order valence-electron chi connectivity index (χ0n) is 15.3. The van der Waals surface area contributed by atoms with Crippen LogP contribution in [0.3, 0.4) is 0 Å². The van der Waals surface area contributed by atoms with Gasteiger partial charge in [0.1, 0.15) is 5.75 Å². The van der Waals surface area contributed by atoms with Crippen LogP contribution in [0.5, 0.6) is 5.75 Å². The molecule has 5 nitrogen and oxygen atoms in total. The summed E-state index contributed by atoms with van der Waals surface area (Å²) in [5.74, 6) is -0.684. The van der Waals surface area contributed by atoms with Crippen LogP contribution in [0.2, 0.25) is 0 Å². The summed E-state index contributed by atoms with van der Waals surface area (Å²) in [6.07, 6.45) is -4.70. The Balaban J connectivity index is 1.64. The van der Waals surface area contributed by atoms with Crippen molar-refractivity contribution in [2.75, 3.05) is 5.75 Å². The Labute approximate surface area is 173 Å². The van der Waals surface area contributed by atoms with Gasteiger partial charge in [0, 0.05) is 6.07 Å². The number of rotatable bonds is 6. The van der Waals surface area contributed by atoms with E-state index in [1.807, 2.05) is 30.3 Å². The zero-order chi connectivity index (χ0) is 21.7. The number of hydrogen-bond acceptors (Lipinski definition) is 5. The molecule has 0 N–H and O–H groups in total. The van der Waals surface area contributed by atoms with Crippen LogP contribution in [-0.4, -0.2) is 16.6 Å². The fourth-order valence-electron chi connectivity index (χ4n) is 2.60. The van der Waals surface area contributed by atoms with Crippen molar-refractivity contribution in [1.29, 1.82) is 0 Å². The second kappa shape index (κ2) is 9.00. The average molecular weight is 433 g/mol. The minimum Gasteiger partial charge on any atom is -0.426 e. The van der Waals surface area contributed by atoms with Crippen LogP contribution in [-0.2, 0) is 11.0 Å². The maximum atomic E-state index is 12.8. The molecule has 0 spiro atoms. The molecular weight excluding hydrogens is 419 g/mol. The Morgan fingerprint density at radius 3 is 2.20 bits per heavy atom.